The summed E-state index contributed by atoms with van der Waals surface area (Å²) in [4.78, 5) is 38.2. The van der Waals surface area contributed by atoms with Gasteiger partial charge in [-0.2, -0.15) is 0 Å². The van der Waals surface area contributed by atoms with Crippen LogP contribution >= 0.6 is 35.0 Å². The molecule has 1 aromatic heterocycles. The lowest BCUT2D eigenvalue weighted by atomic mass is 10.2. The van der Waals surface area contributed by atoms with E-state index >= 15 is 0 Å². The number of carbonyl (C=O) groups is 3. The molecule has 31 heavy (non-hydrogen) atoms. The van der Waals surface area contributed by atoms with E-state index in [1.54, 1.807) is 54.6 Å². The standard InChI is InChI=1S/C22H14Cl2N2O4S/c23-13-6-8-16(17(24)10-13)18-9-7-15(30-18)11-19-21(28)26(22(29)31-19)12-20(27)25-14-4-2-1-3-5-14/h1-11H,12H2,(H,25,27)/b19-11+. The summed E-state index contributed by atoms with van der Waals surface area (Å²) in [5, 5.41) is 3.06. The van der Waals surface area contributed by atoms with Gasteiger partial charge in [0.25, 0.3) is 11.1 Å². The van der Waals surface area contributed by atoms with Gasteiger partial charge in [0.1, 0.15) is 18.1 Å². The molecule has 1 N–H and O–H groups in total. The minimum Gasteiger partial charge on any atom is -0.457 e. The zero-order valence-corrected chi connectivity index (χ0v) is 18.1. The van der Waals surface area contributed by atoms with Crippen LogP contribution in [0.1, 0.15) is 5.76 Å². The predicted octanol–water partition coefficient (Wildman–Crippen LogP) is 5.93. The predicted molar refractivity (Wildman–Crippen MR) is 122 cm³/mol. The molecule has 4 rings (SSSR count). The van der Waals surface area contributed by atoms with Gasteiger partial charge in [0.2, 0.25) is 5.91 Å². The van der Waals surface area contributed by atoms with Crippen molar-refractivity contribution in [1.82, 2.24) is 4.90 Å². The minimum atomic E-state index is -0.555. The van der Waals surface area contributed by atoms with Crippen molar-refractivity contribution < 1.29 is 18.8 Å². The van der Waals surface area contributed by atoms with E-state index in [2.05, 4.69) is 5.32 Å². The van der Waals surface area contributed by atoms with Crippen LogP contribution < -0.4 is 5.32 Å². The number of hydrogen-bond acceptors (Lipinski definition) is 5. The molecule has 0 spiro atoms. The molecule has 0 unspecified atom stereocenters. The van der Waals surface area contributed by atoms with Crippen molar-refractivity contribution in [2.24, 2.45) is 0 Å². The summed E-state index contributed by atoms with van der Waals surface area (Å²) < 4.78 is 5.75. The summed E-state index contributed by atoms with van der Waals surface area (Å²) in [7, 11) is 0. The number of halogens is 2. The highest BCUT2D eigenvalue weighted by Gasteiger charge is 2.36. The molecule has 6 nitrogen and oxygen atoms in total. The smallest absolute Gasteiger partial charge is 0.294 e. The third-order valence-corrected chi connectivity index (χ3v) is 5.78. The van der Waals surface area contributed by atoms with Gasteiger partial charge in [0, 0.05) is 22.3 Å². The molecule has 1 saturated heterocycles. The highest BCUT2D eigenvalue weighted by molar-refractivity contribution is 8.18. The number of imide groups is 1. The molecule has 2 heterocycles. The minimum absolute atomic E-state index is 0.167. The molecule has 0 bridgehead atoms. The number of amides is 3. The molecule has 9 heteroatoms. The topological polar surface area (TPSA) is 79.6 Å². The first kappa shape index (κ1) is 21.2. The summed E-state index contributed by atoms with van der Waals surface area (Å²) in [6, 6.07) is 17.2. The largest absolute Gasteiger partial charge is 0.457 e. The van der Waals surface area contributed by atoms with E-state index in [4.69, 9.17) is 27.6 Å². The van der Waals surface area contributed by atoms with E-state index in [0.717, 1.165) is 16.7 Å². The number of rotatable bonds is 5. The Morgan fingerprint density at radius 1 is 1.06 bits per heavy atom. The van der Waals surface area contributed by atoms with Crippen molar-refractivity contribution in [3.05, 3.63) is 81.4 Å². The fraction of sp³-hybridized carbons (Fsp3) is 0.0455. The van der Waals surface area contributed by atoms with Gasteiger partial charge in [-0.1, -0.05) is 41.4 Å². The molecule has 2 aromatic carbocycles. The lowest BCUT2D eigenvalue weighted by molar-refractivity contribution is -0.127. The Labute approximate surface area is 191 Å². The van der Waals surface area contributed by atoms with E-state index in [0.29, 0.717) is 32.8 Å². The molecular formula is C22H14Cl2N2O4S. The maximum Gasteiger partial charge on any atom is 0.294 e. The lowest BCUT2D eigenvalue weighted by Crippen LogP contribution is -2.36. The van der Waals surface area contributed by atoms with Crippen LogP contribution in [0, 0.1) is 0 Å². The summed E-state index contributed by atoms with van der Waals surface area (Å²) >= 11 is 12.9. The first-order valence-electron chi connectivity index (χ1n) is 9.06. The van der Waals surface area contributed by atoms with Crippen molar-refractivity contribution >= 4 is 63.8 Å². The quantitative estimate of drug-likeness (QED) is 0.465. The number of benzene rings is 2. The molecule has 1 aliphatic rings. The van der Waals surface area contributed by atoms with Gasteiger partial charge >= 0.3 is 0 Å². The molecule has 3 amide bonds. The number of carbonyl (C=O) groups excluding carboxylic acids is 3. The summed E-state index contributed by atoms with van der Waals surface area (Å²) in [5.41, 5.74) is 1.23. The zero-order chi connectivity index (χ0) is 22.0. The first-order chi connectivity index (χ1) is 14.9. The maximum atomic E-state index is 12.6. The normalized spacial score (nSPS) is 15.0. The van der Waals surface area contributed by atoms with Crippen LogP contribution in [-0.4, -0.2) is 28.5 Å². The van der Waals surface area contributed by atoms with Gasteiger partial charge in [-0.15, -0.1) is 0 Å². The Morgan fingerprint density at radius 2 is 1.84 bits per heavy atom. The second-order valence-electron chi connectivity index (χ2n) is 6.51. The third kappa shape index (κ3) is 4.85. The van der Waals surface area contributed by atoms with Crippen LogP contribution in [0.5, 0.6) is 0 Å². The number of furan rings is 1. The molecular weight excluding hydrogens is 459 g/mol. The van der Waals surface area contributed by atoms with Gasteiger partial charge in [0.05, 0.1) is 9.93 Å². The Morgan fingerprint density at radius 3 is 2.58 bits per heavy atom. The van der Waals surface area contributed by atoms with Crippen LogP contribution in [0.15, 0.2) is 70.0 Å². The molecule has 1 fully saturated rings. The van der Waals surface area contributed by atoms with E-state index in [-0.39, 0.29) is 11.4 Å². The van der Waals surface area contributed by atoms with Crippen molar-refractivity contribution in [2.45, 2.75) is 0 Å². The average Bonchev–Trinajstić information content (AvgIpc) is 3.29. The van der Waals surface area contributed by atoms with Crippen molar-refractivity contribution in [1.29, 1.82) is 0 Å². The fourth-order valence-corrected chi connectivity index (χ4v) is 4.22. The van der Waals surface area contributed by atoms with Crippen LogP contribution in [0.3, 0.4) is 0 Å². The molecule has 3 aromatic rings. The van der Waals surface area contributed by atoms with Crippen molar-refractivity contribution in [3.8, 4) is 11.3 Å². The first-order valence-corrected chi connectivity index (χ1v) is 10.6. The Hall–Kier alpha value is -3.00. The van der Waals surface area contributed by atoms with Crippen LogP contribution in [0.2, 0.25) is 10.0 Å². The second kappa shape index (κ2) is 9.01. The fourth-order valence-electron chi connectivity index (χ4n) is 2.90. The zero-order valence-electron chi connectivity index (χ0n) is 15.8. The second-order valence-corrected chi connectivity index (χ2v) is 8.35. The molecule has 0 saturated carbocycles. The van der Waals surface area contributed by atoms with Crippen LogP contribution in [0.25, 0.3) is 17.4 Å². The van der Waals surface area contributed by atoms with Gasteiger partial charge in [0.15, 0.2) is 0 Å². The summed E-state index contributed by atoms with van der Waals surface area (Å²) in [6.07, 6.45) is 1.47. The highest BCUT2D eigenvalue weighted by atomic mass is 35.5. The number of para-hydroxylation sites is 1. The number of nitrogens with zero attached hydrogens (tertiary/aromatic N) is 1. The maximum absolute atomic E-state index is 12.6. The van der Waals surface area contributed by atoms with Crippen molar-refractivity contribution in [2.75, 3.05) is 11.9 Å². The summed E-state index contributed by atoms with van der Waals surface area (Å²) in [5.74, 6) is -0.150. The van der Waals surface area contributed by atoms with Gasteiger partial charge in [-0.3, -0.25) is 19.3 Å². The highest BCUT2D eigenvalue weighted by Crippen LogP contribution is 2.35. The van der Waals surface area contributed by atoms with E-state index in [1.807, 2.05) is 6.07 Å². The SMILES string of the molecule is O=C(CN1C(=O)S/C(=C/c2ccc(-c3ccc(Cl)cc3Cl)o2)C1=O)Nc1ccccc1. The van der Waals surface area contributed by atoms with Crippen molar-refractivity contribution in [3.63, 3.8) is 0 Å². The Balaban J connectivity index is 1.47. The molecule has 0 aliphatic carbocycles. The number of hydrogen-bond donors (Lipinski definition) is 1. The number of nitrogens with one attached hydrogen (secondary N) is 1. The Bertz CT molecular complexity index is 1210. The Kier molecular flexibility index (Phi) is 6.18. The van der Waals surface area contributed by atoms with E-state index < -0.39 is 17.1 Å². The van der Waals surface area contributed by atoms with E-state index in [9.17, 15) is 14.4 Å². The van der Waals surface area contributed by atoms with Gasteiger partial charge in [-0.05, 0) is 54.2 Å². The third-order valence-electron chi connectivity index (χ3n) is 4.33. The van der Waals surface area contributed by atoms with Gasteiger partial charge < -0.3 is 9.73 Å². The van der Waals surface area contributed by atoms with E-state index in [1.165, 1.54) is 6.08 Å². The molecule has 0 atom stereocenters. The molecule has 0 radical (unpaired) electrons. The molecule has 156 valence electrons. The van der Waals surface area contributed by atoms with Gasteiger partial charge in [-0.25, -0.2) is 0 Å². The lowest BCUT2D eigenvalue weighted by Gasteiger charge is -2.12. The molecule has 1 aliphatic heterocycles. The van der Waals surface area contributed by atoms with Crippen LogP contribution in [-0.2, 0) is 9.59 Å². The average molecular weight is 473 g/mol. The van der Waals surface area contributed by atoms with Crippen LogP contribution in [0.4, 0.5) is 10.5 Å². The monoisotopic (exact) mass is 472 g/mol. The number of anilines is 1. The summed E-state index contributed by atoms with van der Waals surface area (Å²) in [6.45, 7) is -0.374. The number of thioether (sulfide) groups is 1.